The smallest absolute Gasteiger partial charge is 0.246 e. The van der Waals surface area contributed by atoms with E-state index in [9.17, 15) is 9.59 Å². The number of aryl methyl sites for hydroxylation is 1. The van der Waals surface area contributed by atoms with E-state index in [2.05, 4.69) is 16.8 Å². The number of rotatable bonds is 6. The van der Waals surface area contributed by atoms with Gasteiger partial charge in [0.2, 0.25) is 5.91 Å². The van der Waals surface area contributed by atoms with E-state index in [4.69, 9.17) is 16.3 Å². The number of carbonyl (C=O) groups excluding carboxylic acids is 2. The highest BCUT2D eigenvalue weighted by atomic mass is 35.5. The second-order valence-electron chi connectivity index (χ2n) is 7.95. The molecule has 1 fully saturated rings. The number of hydrogen-bond acceptors (Lipinski definition) is 5. The number of amides is 1. The molecular weight excluding hydrogens is 428 g/mol. The summed E-state index contributed by atoms with van der Waals surface area (Å²) < 4.78 is 7.12. The first-order valence-electron chi connectivity index (χ1n) is 10.9. The Hall–Kier alpha value is -2.48. The van der Waals surface area contributed by atoms with Gasteiger partial charge in [0.1, 0.15) is 11.5 Å². The molecule has 2 aliphatic rings. The third-order valence-corrected chi connectivity index (χ3v) is 6.12. The number of ether oxygens (including phenoxy) is 1. The molecule has 0 spiro atoms. The normalized spacial score (nSPS) is 16.3. The fourth-order valence-corrected chi connectivity index (χ4v) is 4.01. The number of fused-ring (bicyclic) bond motifs is 1. The summed E-state index contributed by atoms with van der Waals surface area (Å²) >= 11 is 5.82. The van der Waals surface area contributed by atoms with Crippen molar-refractivity contribution in [1.29, 1.82) is 0 Å². The van der Waals surface area contributed by atoms with Crippen LogP contribution in [-0.2, 0) is 29.0 Å². The molecule has 8 heteroatoms. The molecule has 32 heavy (non-hydrogen) atoms. The van der Waals surface area contributed by atoms with Crippen molar-refractivity contribution in [3.05, 3.63) is 64.7 Å². The van der Waals surface area contributed by atoms with Crippen LogP contribution in [0.5, 0.6) is 0 Å². The Labute approximate surface area is 194 Å². The first-order valence-corrected chi connectivity index (χ1v) is 11.3. The van der Waals surface area contributed by atoms with E-state index in [1.165, 1.54) is 12.5 Å². The minimum absolute atomic E-state index is 0.00679. The Morgan fingerprint density at radius 1 is 1.25 bits per heavy atom. The second kappa shape index (κ2) is 11.4. The molecular formula is C24H31ClN4O3. The zero-order valence-corrected chi connectivity index (χ0v) is 19.7. The minimum atomic E-state index is -0.00700. The largest absolute Gasteiger partial charge is 0.379 e. The summed E-state index contributed by atoms with van der Waals surface area (Å²) in [7, 11) is 1.72. The monoisotopic (exact) mass is 458 g/mol. The average molecular weight is 459 g/mol. The molecule has 0 bridgehead atoms. The molecule has 0 atom stereocenters. The zero-order chi connectivity index (χ0) is 23.1. The van der Waals surface area contributed by atoms with Crippen LogP contribution < -0.4 is 0 Å². The number of halogens is 1. The number of imidazole rings is 1. The second-order valence-corrected chi connectivity index (χ2v) is 8.36. The molecule has 7 nitrogen and oxygen atoms in total. The molecule has 4 rings (SSSR count). The van der Waals surface area contributed by atoms with E-state index in [0.717, 1.165) is 36.9 Å². The van der Waals surface area contributed by atoms with Crippen LogP contribution in [-0.4, -0.2) is 70.4 Å². The van der Waals surface area contributed by atoms with Crippen molar-refractivity contribution in [2.45, 2.75) is 39.5 Å². The molecule has 2 aliphatic heterocycles. The predicted molar refractivity (Wildman–Crippen MR) is 125 cm³/mol. The van der Waals surface area contributed by atoms with Crippen LogP contribution in [0.25, 0.3) is 0 Å². The summed E-state index contributed by atoms with van der Waals surface area (Å²) in [6.07, 6.45) is 6.47. The number of hydrogen-bond donors (Lipinski definition) is 0. The summed E-state index contributed by atoms with van der Waals surface area (Å²) in [4.78, 5) is 32.0. The highest BCUT2D eigenvalue weighted by Gasteiger charge is 2.25. The van der Waals surface area contributed by atoms with E-state index >= 15 is 0 Å². The minimum Gasteiger partial charge on any atom is -0.379 e. The van der Waals surface area contributed by atoms with Gasteiger partial charge in [-0.05, 0) is 18.1 Å². The Kier molecular flexibility index (Phi) is 8.61. The third-order valence-electron chi connectivity index (χ3n) is 5.76. The van der Waals surface area contributed by atoms with Gasteiger partial charge in [-0.2, -0.15) is 0 Å². The molecule has 0 unspecified atom stereocenters. The fraction of sp³-hybridized carbons (Fsp3) is 0.458. The van der Waals surface area contributed by atoms with Crippen molar-refractivity contribution >= 4 is 23.3 Å². The number of benzene rings is 1. The molecule has 0 saturated carbocycles. The molecule has 172 valence electrons. The molecule has 0 radical (unpaired) electrons. The van der Waals surface area contributed by atoms with E-state index in [1.54, 1.807) is 24.3 Å². The number of likely N-dealkylation sites (tertiary alicyclic amines) is 1. The maximum atomic E-state index is 12.2. The van der Waals surface area contributed by atoms with Gasteiger partial charge in [-0.25, -0.2) is 4.98 Å². The number of nitrogens with zero attached hydrogens (tertiary/aromatic N) is 4. The Morgan fingerprint density at radius 2 is 2.00 bits per heavy atom. The van der Waals surface area contributed by atoms with Crippen molar-refractivity contribution in [1.82, 2.24) is 19.4 Å². The first-order chi connectivity index (χ1) is 15.4. The maximum absolute atomic E-state index is 12.2. The highest BCUT2D eigenvalue weighted by Crippen LogP contribution is 2.16. The van der Waals surface area contributed by atoms with Crippen molar-refractivity contribution < 1.29 is 14.3 Å². The summed E-state index contributed by atoms with van der Waals surface area (Å²) in [6, 6.07) is 7.91. The number of ketones is 1. The SMILES string of the molecule is CCc1ccccc1Cl.COC1CN(C/C=C/C(=O)N2CCn3c(C(C)=O)cnc3C2)C1. The van der Waals surface area contributed by atoms with Crippen molar-refractivity contribution in [3.8, 4) is 0 Å². The third kappa shape index (κ3) is 6.06. The van der Waals surface area contributed by atoms with Gasteiger partial charge in [-0.3, -0.25) is 14.5 Å². The first kappa shape index (κ1) is 24.2. The lowest BCUT2D eigenvalue weighted by Gasteiger charge is -2.37. The molecule has 3 heterocycles. The van der Waals surface area contributed by atoms with Crippen LogP contribution in [0.15, 0.2) is 42.6 Å². The zero-order valence-electron chi connectivity index (χ0n) is 19.0. The maximum Gasteiger partial charge on any atom is 0.246 e. The van der Waals surface area contributed by atoms with Gasteiger partial charge in [0.05, 0.1) is 18.8 Å². The van der Waals surface area contributed by atoms with E-state index < -0.39 is 0 Å². The number of carbonyl (C=O) groups is 2. The molecule has 1 aromatic carbocycles. The van der Waals surface area contributed by atoms with E-state index in [1.807, 2.05) is 34.9 Å². The number of aromatic nitrogens is 2. The van der Waals surface area contributed by atoms with Gasteiger partial charge in [-0.15, -0.1) is 0 Å². The van der Waals surface area contributed by atoms with Crippen LogP contribution >= 0.6 is 11.6 Å². The lowest BCUT2D eigenvalue weighted by atomic mass is 10.1. The quantitative estimate of drug-likeness (QED) is 0.491. The summed E-state index contributed by atoms with van der Waals surface area (Å²) in [6.45, 7) is 7.91. The lowest BCUT2D eigenvalue weighted by Crippen LogP contribution is -2.51. The molecule has 1 aromatic heterocycles. The Balaban J connectivity index is 0.000000269. The molecule has 1 saturated heterocycles. The van der Waals surface area contributed by atoms with Crippen LogP contribution in [0, 0.1) is 0 Å². The summed E-state index contributed by atoms with van der Waals surface area (Å²) in [5.41, 5.74) is 1.84. The van der Waals surface area contributed by atoms with Gasteiger partial charge >= 0.3 is 0 Å². The van der Waals surface area contributed by atoms with Crippen LogP contribution in [0.3, 0.4) is 0 Å². The Morgan fingerprint density at radius 3 is 2.62 bits per heavy atom. The molecule has 0 aliphatic carbocycles. The topological polar surface area (TPSA) is 67.7 Å². The average Bonchev–Trinajstić information content (AvgIpc) is 3.19. The van der Waals surface area contributed by atoms with E-state index in [-0.39, 0.29) is 11.7 Å². The van der Waals surface area contributed by atoms with Gasteiger partial charge in [-0.1, -0.05) is 42.8 Å². The van der Waals surface area contributed by atoms with E-state index in [0.29, 0.717) is 31.4 Å². The van der Waals surface area contributed by atoms with Crippen molar-refractivity contribution in [2.24, 2.45) is 0 Å². The number of methoxy groups -OCH3 is 1. The Bertz CT molecular complexity index is 966. The predicted octanol–water partition coefficient (Wildman–Crippen LogP) is 3.22. The van der Waals surface area contributed by atoms with Gasteiger partial charge in [0, 0.05) is 57.9 Å². The standard InChI is InChI=1S/C16H22N4O3.C8H9Cl/c1-12(21)14-8-17-15-11-19(6-7-20(14)15)16(22)4-3-5-18-9-13(10-18)23-2;1-2-7-5-3-4-6-8(7)9/h3-4,8,13H,5-7,9-11H2,1-2H3;3-6H,2H2,1H3/b4-3+;. The van der Waals surface area contributed by atoms with Crippen molar-refractivity contribution in [3.63, 3.8) is 0 Å². The van der Waals surface area contributed by atoms with Crippen LogP contribution in [0.4, 0.5) is 0 Å². The van der Waals surface area contributed by atoms with Gasteiger partial charge in [0.15, 0.2) is 5.78 Å². The fourth-order valence-electron chi connectivity index (χ4n) is 3.74. The van der Waals surface area contributed by atoms with Crippen LogP contribution in [0.1, 0.15) is 35.7 Å². The number of Topliss-reactive ketones (excluding diaryl/α,β-unsaturated/α-hetero) is 1. The van der Waals surface area contributed by atoms with Gasteiger partial charge in [0.25, 0.3) is 0 Å². The highest BCUT2D eigenvalue weighted by molar-refractivity contribution is 6.31. The lowest BCUT2D eigenvalue weighted by molar-refractivity contribution is -0.127. The van der Waals surface area contributed by atoms with Crippen LogP contribution in [0.2, 0.25) is 5.02 Å². The molecule has 1 amide bonds. The molecule has 2 aromatic rings. The molecule has 0 N–H and O–H groups in total. The van der Waals surface area contributed by atoms with Gasteiger partial charge < -0.3 is 14.2 Å². The van der Waals surface area contributed by atoms with Crippen molar-refractivity contribution in [2.75, 3.05) is 33.3 Å². The summed E-state index contributed by atoms with van der Waals surface area (Å²) in [5.74, 6) is 0.772. The summed E-state index contributed by atoms with van der Waals surface area (Å²) in [5, 5.41) is 0.875.